The lowest BCUT2D eigenvalue weighted by Gasteiger charge is -2.03. The molecule has 0 atom stereocenters. The van der Waals surface area contributed by atoms with Crippen molar-refractivity contribution in [3.8, 4) is 0 Å². The topological polar surface area (TPSA) is 90.1 Å². The third kappa shape index (κ3) is 3.06. The van der Waals surface area contributed by atoms with Gasteiger partial charge in [-0.2, -0.15) is 0 Å². The van der Waals surface area contributed by atoms with E-state index in [4.69, 9.17) is 4.42 Å². The lowest BCUT2D eigenvalue weighted by molar-refractivity contribution is 0.0587. The second-order valence-corrected chi connectivity index (χ2v) is 3.86. The first-order chi connectivity index (χ1) is 9.10. The molecule has 0 saturated heterocycles. The second-order valence-electron chi connectivity index (χ2n) is 3.86. The Bertz CT molecular complexity index is 575. The Labute approximate surface area is 110 Å². The molecule has 7 nitrogen and oxygen atoms in total. The minimum Gasteiger partial charge on any atom is -0.463 e. The zero-order valence-corrected chi connectivity index (χ0v) is 10.9. The SMILES string of the molecule is COC(=O)c1nccc(NCc2nc(C)c(C)o2)n1. The van der Waals surface area contributed by atoms with Gasteiger partial charge in [0, 0.05) is 6.20 Å². The van der Waals surface area contributed by atoms with Crippen LogP contribution in [-0.4, -0.2) is 28.0 Å². The molecule has 0 unspecified atom stereocenters. The van der Waals surface area contributed by atoms with Crippen LogP contribution in [0.5, 0.6) is 0 Å². The molecule has 0 saturated carbocycles. The van der Waals surface area contributed by atoms with Crippen LogP contribution in [0.4, 0.5) is 5.82 Å². The first-order valence-corrected chi connectivity index (χ1v) is 5.68. The zero-order valence-electron chi connectivity index (χ0n) is 10.9. The van der Waals surface area contributed by atoms with E-state index >= 15 is 0 Å². The van der Waals surface area contributed by atoms with E-state index in [1.54, 1.807) is 6.07 Å². The smallest absolute Gasteiger partial charge is 0.376 e. The zero-order chi connectivity index (χ0) is 13.8. The predicted molar refractivity (Wildman–Crippen MR) is 66.7 cm³/mol. The van der Waals surface area contributed by atoms with Crippen LogP contribution in [0.3, 0.4) is 0 Å². The minimum atomic E-state index is -0.577. The molecule has 19 heavy (non-hydrogen) atoms. The number of methoxy groups -OCH3 is 1. The molecule has 7 heteroatoms. The Morgan fingerprint density at radius 3 is 2.84 bits per heavy atom. The first kappa shape index (κ1) is 13.0. The van der Waals surface area contributed by atoms with E-state index in [9.17, 15) is 4.79 Å². The maximum Gasteiger partial charge on any atom is 0.376 e. The molecule has 0 aliphatic carbocycles. The van der Waals surface area contributed by atoms with Crippen LogP contribution in [0.25, 0.3) is 0 Å². The molecule has 2 aromatic heterocycles. The van der Waals surface area contributed by atoms with Crippen molar-refractivity contribution in [1.82, 2.24) is 15.0 Å². The van der Waals surface area contributed by atoms with Gasteiger partial charge in [-0.3, -0.25) is 0 Å². The minimum absolute atomic E-state index is 0.00673. The Hall–Kier alpha value is -2.44. The number of aryl methyl sites for hydroxylation is 2. The highest BCUT2D eigenvalue weighted by molar-refractivity contribution is 5.85. The van der Waals surface area contributed by atoms with Crippen LogP contribution in [0.2, 0.25) is 0 Å². The van der Waals surface area contributed by atoms with Crippen LogP contribution in [0.15, 0.2) is 16.7 Å². The summed E-state index contributed by atoms with van der Waals surface area (Å²) in [6.45, 7) is 4.11. The normalized spacial score (nSPS) is 10.3. The van der Waals surface area contributed by atoms with Crippen molar-refractivity contribution in [3.63, 3.8) is 0 Å². The third-order valence-electron chi connectivity index (χ3n) is 2.52. The molecule has 2 aromatic rings. The van der Waals surface area contributed by atoms with E-state index in [0.717, 1.165) is 11.5 Å². The Morgan fingerprint density at radius 1 is 1.42 bits per heavy atom. The summed E-state index contributed by atoms with van der Waals surface area (Å²) in [4.78, 5) is 23.4. The number of nitrogens with one attached hydrogen (secondary N) is 1. The van der Waals surface area contributed by atoms with Crippen molar-refractivity contribution in [3.05, 3.63) is 35.4 Å². The lowest BCUT2D eigenvalue weighted by atomic mass is 10.4. The number of hydrogen-bond acceptors (Lipinski definition) is 7. The van der Waals surface area contributed by atoms with Crippen molar-refractivity contribution < 1.29 is 13.9 Å². The summed E-state index contributed by atoms with van der Waals surface area (Å²) in [6, 6.07) is 1.65. The van der Waals surface area contributed by atoms with Gasteiger partial charge in [-0.05, 0) is 19.9 Å². The number of esters is 1. The van der Waals surface area contributed by atoms with Crippen molar-refractivity contribution >= 4 is 11.8 Å². The Kier molecular flexibility index (Phi) is 3.74. The third-order valence-corrected chi connectivity index (χ3v) is 2.52. The Morgan fingerprint density at radius 2 is 2.21 bits per heavy atom. The first-order valence-electron chi connectivity index (χ1n) is 5.68. The van der Waals surface area contributed by atoms with Gasteiger partial charge < -0.3 is 14.5 Å². The number of hydrogen-bond donors (Lipinski definition) is 1. The average Bonchev–Trinajstić information content (AvgIpc) is 2.75. The molecule has 0 spiro atoms. The molecule has 0 aliphatic rings. The van der Waals surface area contributed by atoms with Gasteiger partial charge in [-0.15, -0.1) is 0 Å². The molecule has 0 fully saturated rings. The Balaban J connectivity index is 2.05. The summed E-state index contributed by atoms with van der Waals surface area (Å²) >= 11 is 0. The van der Waals surface area contributed by atoms with Crippen LogP contribution in [0, 0.1) is 13.8 Å². The summed E-state index contributed by atoms with van der Waals surface area (Å²) in [5.41, 5.74) is 0.856. The van der Waals surface area contributed by atoms with E-state index in [1.807, 2.05) is 13.8 Å². The second kappa shape index (κ2) is 5.47. The monoisotopic (exact) mass is 262 g/mol. The quantitative estimate of drug-likeness (QED) is 0.834. The lowest BCUT2D eigenvalue weighted by Crippen LogP contribution is -2.10. The van der Waals surface area contributed by atoms with Gasteiger partial charge in [0.25, 0.3) is 0 Å². The van der Waals surface area contributed by atoms with E-state index in [1.165, 1.54) is 13.3 Å². The standard InChI is InChI=1S/C12H14N4O3/c1-7-8(2)19-10(15-7)6-14-9-4-5-13-11(16-9)12(17)18-3/h4-5H,6H2,1-3H3,(H,13,14,16). The van der Waals surface area contributed by atoms with Gasteiger partial charge >= 0.3 is 5.97 Å². The van der Waals surface area contributed by atoms with Crippen molar-refractivity contribution in [2.45, 2.75) is 20.4 Å². The molecule has 0 amide bonds. The number of oxazole rings is 1. The molecule has 1 N–H and O–H groups in total. The predicted octanol–water partition coefficient (Wildman–Crippen LogP) is 1.48. The number of aromatic nitrogens is 3. The summed E-state index contributed by atoms with van der Waals surface area (Å²) in [6.07, 6.45) is 1.48. The number of rotatable bonds is 4. The number of nitrogens with zero attached hydrogens (tertiary/aromatic N) is 3. The van der Waals surface area contributed by atoms with Gasteiger partial charge in [0.15, 0.2) is 0 Å². The highest BCUT2D eigenvalue weighted by Gasteiger charge is 2.10. The van der Waals surface area contributed by atoms with E-state index in [0.29, 0.717) is 18.3 Å². The van der Waals surface area contributed by atoms with Gasteiger partial charge in [-0.25, -0.2) is 19.7 Å². The summed E-state index contributed by atoms with van der Waals surface area (Å²) in [5, 5.41) is 3.01. The fourth-order valence-electron chi connectivity index (χ4n) is 1.43. The molecular formula is C12H14N4O3. The van der Waals surface area contributed by atoms with Gasteiger partial charge in [0.2, 0.25) is 11.7 Å². The van der Waals surface area contributed by atoms with Crippen LogP contribution < -0.4 is 5.32 Å². The number of carbonyl (C=O) groups excluding carboxylic acids is 1. The number of ether oxygens (including phenoxy) is 1. The van der Waals surface area contributed by atoms with Crippen LogP contribution in [0.1, 0.15) is 28.0 Å². The van der Waals surface area contributed by atoms with Crippen molar-refractivity contribution in [2.24, 2.45) is 0 Å². The van der Waals surface area contributed by atoms with Gasteiger partial charge in [0.05, 0.1) is 19.3 Å². The number of anilines is 1. The molecular weight excluding hydrogens is 248 g/mol. The van der Waals surface area contributed by atoms with Gasteiger partial charge in [0.1, 0.15) is 11.6 Å². The molecule has 0 bridgehead atoms. The largest absolute Gasteiger partial charge is 0.463 e. The van der Waals surface area contributed by atoms with Crippen LogP contribution >= 0.6 is 0 Å². The highest BCUT2D eigenvalue weighted by Crippen LogP contribution is 2.10. The van der Waals surface area contributed by atoms with Crippen molar-refractivity contribution in [1.29, 1.82) is 0 Å². The molecule has 2 heterocycles. The molecule has 100 valence electrons. The fourth-order valence-corrected chi connectivity index (χ4v) is 1.43. The van der Waals surface area contributed by atoms with E-state index in [-0.39, 0.29) is 5.82 Å². The summed E-state index contributed by atoms with van der Waals surface area (Å²) < 4.78 is 9.98. The average molecular weight is 262 g/mol. The van der Waals surface area contributed by atoms with Crippen LogP contribution in [-0.2, 0) is 11.3 Å². The molecule has 2 rings (SSSR count). The fraction of sp³-hybridized carbons (Fsp3) is 0.333. The molecule has 0 radical (unpaired) electrons. The maximum atomic E-state index is 11.3. The summed E-state index contributed by atoms with van der Waals surface area (Å²) in [7, 11) is 1.28. The molecule has 0 aromatic carbocycles. The van der Waals surface area contributed by atoms with Crippen molar-refractivity contribution in [2.75, 3.05) is 12.4 Å². The molecule has 0 aliphatic heterocycles. The number of carbonyl (C=O) groups is 1. The summed E-state index contributed by atoms with van der Waals surface area (Å²) in [5.74, 6) is 1.28. The van der Waals surface area contributed by atoms with E-state index < -0.39 is 5.97 Å². The van der Waals surface area contributed by atoms with Gasteiger partial charge in [-0.1, -0.05) is 0 Å². The highest BCUT2D eigenvalue weighted by atomic mass is 16.5. The maximum absolute atomic E-state index is 11.3. The van der Waals surface area contributed by atoms with E-state index in [2.05, 4.69) is 25.0 Å².